The number of hydrogen-bond donors (Lipinski definition) is 2. The van der Waals surface area contributed by atoms with E-state index in [4.69, 9.17) is 0 Å². The summed E-state index contributed by atoms with van der Waals surface area (Å²) >= 11 is 0. The van der Waals surface area contributed by atoms with Crippen molar-refractivity contribution in [3.63, 3.8) is 0 Å². The zero-order chi connectivity index (χ0) is 11.7. The molecule has 0 amide bonds. The van der Waals surface area contributed by atoms with Crippen LogP contribution < -0.4 is 10.6 Å². The highest BCUT2D eigenvalue weighted by molar-refractivity contribution is 5.45. The minimum absolute atomic E-state index is 0.674. The molecule has 3 rings (SSSR count). The molecule has 2 aliphatic rings. The van der Waals surface area contributed by atoms with E-state index in [1.54, 1.807) is 0 Å². The van der Waals surface area contributed by atoms with Crippen molar-refractivity contribution in [3.05, 3.63) is 29.8 Å². The molecule has 1 saturated carbocycles. The minimum Gasteiger partial charge on any atom is -0.382 e. The Morgan fingerprint density at radius 1 is 1.12 bits per heavy atom. The monoisotopic (exact) mass is 230 g/mol. The van der Waals surface area contributed by atoms with Crippen molar-refractivity contribution in [2.75, 3.05) is 18.4 Å². The lowest BCUT2D eigenvalue weighted by molar-refractivity contribution is 0.0718. The predicted octanol–water partition coefficient (Wildman–Crippen LogP) is 2.94. The Balaban J connectivity index is 1.54. The fourth-order valence-electron chi connectivity index (χ4n) is 3.34. The summed E-state index contributed by atoms with van der Waals surface area (Å²) < 4.78 is 0. The number of nitrogens with one attached hydrogen (secondary N) is 2. The van der Waals surface area contributed by atoms with Gasteiger partial charge in [-0.2, -0.15) is 0 Å². The van der Waals surface area contributed by atoms with Crippen LogP contribution in [-0.2, 0) is 0 Å². The quantitative estimate of drug-likeness (QED) is 0.816. The molecule has 1 spiro atoms. The Kier molecular flexibility index (Phi) is 2.83. The minimum atomic E-state index is 0.674. The Hall–Kier alpha value is -1.02. The highest BCUT2D eigenvalue weighted by Crippen LogP contribution is 2.48. The summed E-state index contributed by atoms with van der Waals surface area (Å²) in [5.41, 5.74) is 3.29. The van der Waals surface area contributed by atoms with Crippen LogP contribution in [0, 0.1) is 12.3 Å². The Labute approximate surface area is 104 Å². The summed E-state index contributed by atoms with van der Waals surface area (Å²) in [5, 5.41) is 7.12. The van der Waals surface area contributed by atoms with E-state index in [2.05, 4.69) is 41.8 Å². The first-order valence-electron chi connectivity index (χ1n) is 6.80. The van der Waals surface area contributed by atoms with Crippen LogP contribution in [-0.4, -0.2) is 19.1 Å². The van der Waals surface area contributed by atoms with Gasteiger partial charge in [0.05, 0.1) is 0 Å². The van der Waals surface area contributed by atoms with Gasteiger partial charge in [-0.05, 0) is 63.2 Å². The van der Waals surface area contributed by atoms with E-state index in [1.165, 1.54) is 50.0 Å². The van der Waals surface area contributed by atoms with E-state index in [0.717, 1.165) is 0 Å². The third kappa shape index (κ3) is 2.32. The molecule has 2 nitrogen and oxygen atoms in total. The molecule has 0 atom stereocenters. The van der Waals surface area contributed by atoms with Crippen LogP contribution in [0.25, 0.3) is 0 Å². The van der Waals surface area contributed by atoms with Gasteiger partial charge >= 0.3 is 0 Å². The van der Waals surface area contributed by atoms with Gasteiger partial charge in [-0.25, -0.2) is 0 Å². The molecular formula is C15H22N2. The van der Waals surface area contributed by atoms with Gasteiger partial charge in [0.25, 0.3) is 0 Å². The van der Waals surface area contributed by atoms with Crippen molar-refractivity contribution in [3.8, 4) is 0 Å². The Bertz CT molecular complexity index is 368. The molecule has 0 radical (unpaired) electrons. The summed E-state index contributed by atoms with van der Waals surface area (Å²) in [5.74, 6) is 0. The van der Waals surface area contributed by atoms with Crippen molar-refractivity contribution in [2.45, 2.75) is 38.6 Å². The van der Waals surface area contributed by atoms with E-state index < -0.39 is 0 Å². The van der Waals surface area contributed by atoms with Crippen LogP contribution in [0.2, 0.25) is 0 Å². The Morgan fingerprint density at radius 2 is 1.76 bits per heavy atom. The summed E-state index contributed by atoms with van der Waals surface area (Å²) in [6.07, 6.45) is 5.48. The number of piperidine rings is 1. The standard InChI is InChI=1S/C15H22N2/c1-12-2-4-13(5-3-12)17-14-10-15(11-14)6-8-16-9-7-15/h2-5,14,16-17H,6-11H2,1H3. The zero-order valence-electron chi connectivity index (χ0n) is 10.6. The van der Waals surface area contributed by atoms with Crippen molar-refractivity contribution in [1.82, 2.24) is 5.32 Å². The number of hydrogen-bond acceptors (Lipinski definition) is 2. The fourth-order valence-corrected chi connectivity index (χ4v) is 3.34. The average Bonchev–Trinajstić information content (AvgIpc) is 2.31. The van der Waals surface area contributed by atoms with Gasteiger partial charge in [0.15, 0.2) is 0 Å². The molecule has 1 aromatic rings. The summed E-state index contributed by atoms with van der Waals surface area (Å²) in [6, 6.07) is 9.46. The molecule has 2 N–H and O–H groups in total. The first kappa shape index (κ1) is 11.1. The van der Waals surface area contributed by atoms with Gasteiger partial charge in [0.2, 0.25) is 0 Å². The van der Waals surface area contributed by atoms with E-state index in [1.807, 2.05) is 0 Å². The van der Waals surface area contributed by atoms with Crippen LogP contribution in [0.1, 0.15) is 31.2 Å². The fraction of sp³-hybridized carbons (Fsp3) is 0.600. The zero-order valence-corrected chi connectivity index (χ0v) is 10.6. The summed E-state index contributed by atoms with van der Waals surface area (Å²) in [6.45, 7) is 4.58. The van der Waals surface area contributed by atoms with Crippen molar-refractivity contribution >= 4 is 5.69 Å². The highest BCUT2D eigenvalue weighted by atomic mass is 15.0. The third-order valence-corrected chi connectivity index (χ3v) is 4.45. The molecule has 2 fully saturated rings. The molecule has 1 aromatic carbocycles. The summed E-state index contributed by atoms with van der Waals surface area (Å²) in [4.78, 5) is 0. The smallest absolute Gasteiger partial charge is 0.0342 e. The molecule has 0 aromatic heterocycles. The van der Waals surface area contributed by atoms with Crippen LogP contribution in [0.3, 0.4) is 0 Å². The molecule has 0 bridgehead atoms. The normalized spacial score (nSPS) is 23.4. The first-order chi connectivity index (χ1) is 8.26. The van der Waals surface area contributed by atoms with Gasteiger partial charge in [-0.15, -0.1) is 0 Å². The summed E-state index contributed by atoms with van der Waals surface area (Å²) in [7, 11) is 0. The number of anilines is 1. The van der Waals surface area contributed by atoms with Crippen molar-refractivity contribution < 1.29 is 0 Å². The van der Waals surface area contributed by atoms with Gasteiger partial charge < -0.3 is 10.6 Å². The number of benzene rings is 1. The second-order valence-corrected chi connectivity index (χ2v) is 5.87. The molecule has 2 heteroatoms. The van der Waals surface area contributed by atoms with Crippen LogP contribution in [0.4, 0.5) is 5.69 Å². The second kappa shape index (κ2) is 4.34. The molecular weight excluding hydrogens is 208 g/mol. The number of rotatable bonds is 2. The van der Waals surface area contributed by atoms with Gasteiger partial charge in [0, 0.05) is 11.7 Å². The lowest BCUT2D eigenvalue weighted by Gasteiger charge is -2.50. The largest absolute Gasteiger partial charge is 0.382 e. The number of aryl methyl sites for hydroxylation is 1. The Morgan fingerprint density at radius 3 is 2.41 bits per heavy atom. The van der Waals surface area contributed by atoms with Gasteiger partial charge in [-0.1, -0.05) is 17.7 Å². The molecule has 1 heterocycles. The molecule has 1 saturated heterocycles. The van der Waals surface area contributed by atoms with Crippen LogP contribution >= 0.6 is 0 Å². The molecule has 1 aliphatic heterocycles. The highest BCUT2D eigenvalue weighted by Gasteiger charge is 2.44. The maximum absolute atomic E-state index is 3.66. The van der Waals surface area contributed by atoms with Gasteiger partial charge in [0.1, 0.15) is 0 Å². The first-order valence-corrected chi connectivity index (χ1v) is 6.80. The molecule has 17 heavy (non-hydrogen) atoms. The van der Waals surface area contributed by atoms with E-state index in [9.17, 15) is 0 Å². The van der Waals surface area contributed by atoms with Crippen LogP contribution in [0.5, 0.6) is 0 Å². The van der Waals surface area contributed by atoms with E-state index in [0.29, 0.717) is 11.5 Å². The molecule has 92 valence electrons. The van der Waals surface area contributed by atoms with Crippen molar-refractivity contribution in [2.24, 2.45) is 5.41 Å². The lowest BCUT2D eigenvalue weighted by atomic mass is 9.60. The molecule has 0 unspecified atom stereocenters. The van der Waals surface area contributed by atoms with Gasteiger partial charge in [-0.3, -0.25) is 0 Å². The van der Waals surface area contributed by atoms with E-state index >= 15 is 0 Å². The van der Waals surface area contributed by atoms with Crippen LogP contribution in [0.15, 0.2) is 24.3 Å². The van der Waals surface area contributed by atoms with E-state index in [-0.39, 0.29) is 0 Å². The van der Waals surface area contributed by atoms with Crippen molar-refractivity contribution in [1.29, 1.82) is 0 Å². The topological polar surface area (TPSA) is 24.1 Å². The average molecular weight is 230 g/mol. The predicted molar refractivity (Wildman–Crippen MR) is 72.4 cm³/mol. The maximum Gasteiger partial charge on any atom is 0.0342 e. The maximum atomic E-state index is 3.66. The SMILES string of the molecule is Cc1ccc(NC2CC3(CCNCC3)C2)cc1. The lowest BCUT2D eigenvalue weighted by Crippen LogP contribution is -2.50. The molecule has 1 aliphatic carbocycles. The third-order valence-electron chi connectivity index (χ3n) is 4.45. The second-order valence-electron chi connectivity index (χ2n) is 5.87.